The molecule has 2 fully saturated rings. The van der Waals surface area contributed by atoms with E-state index in [4.69, 9.17) is 4.74 Å². The zero-order valence-corrected chi connectivity index (χ0v) is 18.6. The van der Waals surface area contributed by atoms with Crippen LogP contribution in [0.4, 0.5) is 13.2 Å². The highest BCUT2D eigenvalue weighted by molar-refractivity contribution is 5.77. The zero-order valence-electron chi connectivity index (χ0n) is 18.6. The number of ether oxygens (including phenoxy) is 1. The molecule has 0 bridgehead atoms. The van der Waals surface area contributed by atoms with Crippen molar-refractivity contribution in [1.82, 2.24) is 15.8 Å². The maximum atomic E-state index is 13.5. The molecule has 8 heteroatoms. The molecule has 2 aliphatic rings. The number of nitrogens with zero attached hydrogens (tertiary/aromatic N) is 1. The first-order valence-corrected chi connectivity index (χ1v) is 11.2. The molecule has 2 unspecified atom stereocenters. The molecule has 174 valence electrons. The minimum atomic E-state index is -4.44. The molecular weight excluding hydrogens is 407 g/mol. The van der Waals surface area contributed by atoms with Gasteiger partial charge in [-0.15, -0.1) is 0 Å². The summed E-state index contributed by atoms with van der Waals surface area (Å²) in [7, 11) is 0. The predicted molar refractivity (Wildman–Crippen MR) is 113 cm³/mol. The van der Waals surface area contributed by atoms with Crippen molar-refractivity contribution >= 4 is 5.97 Å². The van der Waals surface area contributed by atoms with Crippen molar-refractivity contribution in [3.8, 4) is 0 Å². The lowest BCUT2D eigenvalue weighted by atomic mass is 9.73. The molecule has 0 saturated carbocycles. The van der Waals surface area contributed by atoms with Gasteiger partial charge in [0.25, 0.3) is 0 Å². The lowest BCUT2D eigenvalue weighted by Crippen LogP contribution is -2.49. The highest BCUT2D eigenvalue weighted by Crippen LogP contribution is 2.40. The van der Waals surface area contributed by atoms with Gasteiger partial charge in [0.1, 0.15) is 0 Å². The van der Waals surface area contributed by atoms with Crippen LogP contribution in [0.25, 0.3) is 0 Å². The van der Waals surface area contributed by atoms with Gasteiger partial charge in [-0.25, -0.2) is 0 Å². The Morgan fingerprint density at radius 3 is 2.48 bits per heavy atom. The fourth-order valence-corrected chi connectivity index (χ4v) is 4.74. The zero-order chi connectivity index (χ0) is 22.6. The summed E-state index contributed by atoms with van der Waals surface area (Å²) in [5.74, 6) is 0.163. The van der Waals surface area contributed by atoms with E-state index in [0.29, 0.717) is 43.9 Å². The van der Waals surface area contributed by atoms with E-state index in [1.54, 1.807) is 13.0 Å². The molecule has 0 radical (unpaired) electrons. The molecule has 1 aromatic carbocycles. The molecule has 31 heavy (non-hydrogen) atoms. The van der Waals surface area contributed by atoms with Crippen LogP contribution in [0.5, 0.6) is 0 Å². The van der Waals surface area contributed by atoms with Crippen molar-refractivity contribution in [2.24, 2.45) is 11.3 Å². The second-order valence-corrected chi connectivity index (χ2v) is 9.20. The van der Waals surface area contributed by atoms with E-state index in [9.17, 15) is 18.0 Å². The van der Waals surface area contributed by atoms with Crippen LogP contribution in [0.15, 0.2) is 24.3 Å². The standard InChI is InChI=1S/C23H34F3N3O2/c1-4-31-21(30)22(14-17-7-5-6-8-19(17)23(24,25)26)9-11-29(12-10-22)15-18-13-20(16(2)3)28-27-18/h5-8,16,18,20,27-28H,4,9-15H2,1-3H3. The smallest absolute Gasteiger partial charge is 0.416 e. The largest absolute Gasteiger partial charge is 0.466 e. The maximum absolute atomic E-state index is 13.5. The summed E-state index contributed by atoms with van der Waals surface area (Å²) in [4.78, 5) is 15.2. The number of carbonyl (C=O) groups is 1. The van der Waals surface area contributed by atoms with Crippen molar-refractivity contribution < 1.29 is 22.7 Å². The van der Waals surface area contributed by atoms with Crippen LogP contribution in [0.1, 0.15) is 51.2 Å². The van der Waals surface area contributed by atoms with Crippen LogP contribution in [-0.2, 0) is 22.1 Å². The minimum absolute atomic E-state index is 0.0496. The van der Waals surface area contributed by atoms with Gasteiger partial charge < -0.3 is 9.64 Å². The van der Waals surface area contributed by atoms with Crippen LogP contribution < -0.4 is 10.9 Å². The number of likely N-dealkylation sites (tertiary alicyclic amines) is 1. The number of rotatable bonds is 7. The molecule has 1 aromatic rings. The number of hydrazine groups is 1. The van der Waals surface area contributed by atoms with Crippen molar-refractivity contribution in [2.45, 2.75) is 64.7 Å². The van der Waals surface area contributed by atoms with E-state index in [1.807, 2.05) is 0 Å². The van der Waals surface area contributed by atoms with E-state index >= 15 is 0 Å². The second kappa shape index (κ2) is 9.88. The predicted octanol–water partition coefficient (Wildman–Crippen LogP) is 3.78. The average Bonchev–Trinajstić information content (AvgIpc) is 3.18. The van der Waals surface area contributed by atoms with Crippen LogP contribution in [0.3, 0.4) is 0 Å². The van der Waals surface area contributed by atoms with E-state index in [1.165, 1.54) is 12.1 Å². The van der Waals surface area contributed by atoms with Crippen LogP contribution in [0, 0.1) is 11.3 Å². The van der Waals surface area contributed by atoms with Crippen molar-refractivity contribution in [1.29, 1.82) is 0 Å². The number of hydrogen-bond donors (Lipinski definition) is 2. The van der Waals surface area contributed by atoms with E-state index in [0.717, 1.165) is 19.0 Å². The topological polar surface area (TPSA) is 53.6 Å². The number of carbonyl (C=O) groups excluding carboxylic acids is 1. The summed E-state index contributed by atoms with van der Waals surface area (Å²) in [5, 5.41) is 0. The summed E-state index contributed by atoms with van der Waals surface area (Å²) in [5.41, 5.74) is 5.28. The Bertz CT molecular complexity index is 746. The molecule has 2 saturated heterocycles. The quantitative estimate of drug-likeness (QED) is 0.631. The van der Waals surface area contributed by atoms with Gasteiger partial charge in [0.15, 0.2) is 0 Å². The van der Waals surface area contributed by atoms with Crippen LogP contribution >= 0.6 is 0 Å². The Hall–Kier alpha value is -1.64. The Morgan fingerprint density at radius 1 is 1.23 bits per heavy atom. The molecule has 0 spiro atoms. The van der Waals surface area contributed by atoms with Crippen molar-refractivity contribution in [3.63, 3.8) is 0 Å². The number of piperidine rings is 1. The van der Waals surface area contributed by atoms with Gasteiger partial charge in [0.05, 0.1) is 17.6 Å². The highest BCUT2D eigenvalue weighted by atomic mass is 19.4. The minimum Gasteiger partial charge on any atom is -0.466 e. The van der Waals surface area contributed by atoms with Gasteiger partial charge in [-0.1, -0.05) is 32.0 Å². The van der Waals surface area contributed by atoms with Gasteiger partial charge in [-0.2, -0.15) is 13.2 Å². The van der Waals surface area contributed by atoms with Crippen LogP contribution in [0.2, 0.25) is 0 Å². The molecule has 3 rings (SSSR count). The number of alkyl halides is 3. The van der Waals surface area contributed by atoms with Gasteiger partial charge in [-0.3, -0.25) is 15.6 Å². The summed E-state index contributed by atoms with van der Waals surface area (Å²) < 4.78 is 45.9. The maximum Gasteiger partial charge on any atom is 0.416 e. The average molecular weight is 442 g/mol. The molecule has 5 nitrogen and oxygen atoms in total. The highest BCUT2D eigenvalue weighted by Gasteiger charge is 2.45. The van der Waals surface area contributed by atoms with E-state index in [2.05, 4.69) is 29.6 Å². The second-order valence-electron chi connectivity index (χ2n) is 9.20. The fraction of sp³-hybridized carbons (Fsp3) is 0.696. The Kier molecular flexibility index (Phi) is 7.65. The summed E-state index contributed by atoms with van der Waals surface area (Å²) >= 11 is 0. The summed E-state index contributed by atoms with van der Waals surface area (Å²) in [6, 6.07) is 6.33. The van der Waals surface area contributed by atoms with Gasteiger partial charge >= 0.3 is 12.1 Å². The van der Waals surface area contributed by atoms with E-state index < -0.39 is 17.2 Å². The fourth-order valence-electron chi connectivity index (χ4n) is 4.74. The molecule has 2 heterocycles. The number of nitrogens with one attached hydrogen (secondary N) is 2. The lowest BCUT2D eigenvalue weighted by Gasteiger charge is -2.41. The monoisotopic (exact) mass is 441 g/mol. The number of hydrogen-bond acceptors (Lipinski definition) is 5. The third-order valence-corrected chi connectivity index (χ3v) is 6.67. The Balaban J connectivity index is 1.70. The molecule has 2 aliphatic heterocycles. The number of esters is 1. The Labute approximate surface area is 182 Å². The van der Waals surface area contributed by atoms with Crippen LogP contribution in [-0.4, -0.2) is 49.2 Å². The lowest BCUT2D eigenvalue weighted by molar-refractivity contribution is -0.159. The van der Waals surface area contributed by atoms with Gasteiger partial charge in [-0.05, 0) is 63.2 Å². The number of benzene rings is 1. The van der Waals surface area contributed by atoms with E-state index in [-0.39, 0.29) is 24.6 Å². The first-order chi connectivity index (χ1) is 14.6. The SMILES string of the molecule is CCOC(=O)C1(Cc2ccccc2C(F)(F)F)CCN(CC2CC(C(C)C)NN2)CC1. The molecule has 2 N–H and O–H groups in total. The summed E-state index contributed by atoms with van der Waals surface area (Å²) in [6.45, 7) is 8.52. The van der Waals surface area contributed by atoms with Crippen molar-refractivity contribution in [3.05, 3.63) is 35.4 Å². The third kappa shape index (κ3) is 5.79. The van der Waals surface area contributed by atoms with Gasteiger partial charge in [0, 0.05) is 18.6 Å². The Morgan fingerprint density at radius 2 is 1.90 bits per heavy atom. The first-order valence-electron chi connectivity index (χ1n) is 11.2. The molecule has 2 atom stereocenters. The first kappa shape index (κ1) is 24.0. The summed E-state index contributed by atoms with van der Waals surface area (Å²) in [6.07, 6.45) is -2.37. The number of halogens is 3. The normalized spacial score (nSPS) is 24.5. The van der Waals surface area contributed by atoms with Gasteiger partial charge in [0.2, 0.25) is 0 Å². The molecule has 0 aliphatic carbocycles. The molecule has 0 aromatic heterocycles. The molecule has 0 amide bonds. The molecular formula is C23H34F3N3O2. The third-order valence-electron chi connectivity index (χ3n) is 6.67. The van der Waals surface area contributed by atoms with Crippen molar-refractivity contribution in [2.75, 3.05) is 26.2 Å².